The fraction of sp³-hybridized carbons (Fsp3) is 0.556. The van der Waals surface area contributed by atoms with Gasteiger partial charge in [-0.2, -0.15) is 0 Å². The first-order chi connectivity index (χ1) is 10.7. The van der Waals surface area contributed by atoms with Crippen LogP contribution < -0.4 is 0 Å². The van der Waals surface area contributed by atoms with Gasteiger partial charge >= 0.3 is 11.9 Å². The molecule has 0 amide bonds. The largest absolute Gasteiger partial charge is 0.461 e. The molecule has 0 spiro atoms. The number of esters is 2. The summed E-state index contributed by atoms with van der Waals surface area (Å²) in [6.45, 7) is 10.6. The Balaban J connectivity index is 4.63. The first-order valence-electron chi connectivity index (χ1n) is 7.65. The Bertz CT molecular complexity index is 474. The fourth-order valence-electron chi connectivity index (χ4n) is 1.91. The SMILES string of the molecule is C=C(COC(C)=O)CC(C=C(C)CCC=C(C)CO)OC(C)=O. The van der Waals surface area contributed by atoms with Crippen LogP contribution in [-0.4, -0.2) is 36.4 Å². The minimum Gasteiger partial charge on any atom is -0.461 e. The third kappa shape index (κ3) is 12.4. The van der Waals surface area contributed by atoms with Crippen molar-refractivity contribution in [3.8, 4) is 0 Å². The zero-order valence-corrected chi connectivity index (χ0v) is 14.6. The van der Waals surface area contributed by atoms with Gasteiger partial charge in [0.25, 0.3) is 0 Å². The molecule has 1 unspecified atom stereocenters. The Morgan fingerprint density at radius 3 is 2.30 bits per heavy atom. The second kappa shape index (κ2) is 11.7. The Morgan fingerprint density at radius 1 is 1.13 bits per heavy atom. The zero-order chi connectivity index (χ0) is 17.8. The summed E-state index contributed by atoms with van der Waals surface area (Å²) >= 11 is 0. The summed E-state index contributed by atoms with van der Waals surface area (Å²) in [4.78, 5) is 22.0. The number of carbonyl (C=O) groups excluding carboxylic acids is 2. The van der Waals surface area contributed by atoms with Crippen molar-refractivity contribution in [1.82, 2.24) is 0 Å². The predicted octanol–water partition coefficient (Wildman–Crippen LogP) is 3.09. The molecule has 0 bridgehead atoms. The van der Waals surface area contributed by atoms with Crippen LogP contribution in [0.15, 0.2) is 35.5 Å². The molecule has 0 aromatic rings. The quantitative estimate of drug-likeness (QED) is 0.494. The highest BCUT2D eigenvalue weighted by atomic mass is 16.5. The molecule has 5 nitrogen and oxygen atoms in total. The van der Waals surface area contributed by atoms with Gasteiger partial charge in [-0.25, -0.2) is 0 Å². The lowest BCUT2D eigenvalue weighted by Crippen LogP contribution is -2.17. The lowest BCUT2D eigenvalue weighted by atomic mass is 10.0. The van der Waals surface area contributed by atoms with E-state index in [-0.39, 0.29) is 25.2 Å². The molecule has 5 heteroatoms. The normalized spacial score (nSPS) is 13.4. The first kappa shape index (κ1) is 21.1. The van der Waals surface area contributed by atoms with E-state index >= 15 is 0 Å². The van der Waals surface area contributed by atoms with Gasteiger partial charge in [0.1, 0.15) is 12.7 Å². The summed E-state index contributed by atoms with van der Waals surface area (Å²) in [7, 11) is 0. The molecular weight excluding hydrogens is 296 g/mol. The van der Waals surface area contributed by atoms with Crippen molar-refractivity contribution < 1.29 is 24.2 Å². The van der Waals surface area contributed by atoms with Crippen LogP contribution in [0.3, 0.4) is 0 Å². The van der Waals surface area contributed by atoms with Gasteiger partial charge in [0.15, 0.2) is 0 Å². The molecule has 0 aromatic heterocycles. The van der Waals surface area contributed by atoms with E-state index in [1.54, 1.807) is 0 Å². The lowest BCUT2D eigenvalue weighted by molar-refractivity contribution is -0.145. The van der Waals surface area contributed by atoms with Crippen molar-refractivity contribution in [2.75, 3.05) is 13.2 Å². The zero-order valence-electron chi connectivity index (χ0n) is 14.6. The monoisotopic (exact) mass is 324 g/mol. The summed E-state index contributed by atoms with van der Waals surface area (Å²) in [5.74, 6) is -0.733. The van der Waals surface area contributed by atoms with Gasteiger partial charge in [0.2, 0.25) is 0 Å². The maximum Gasteiger partial charge on any atom is 0.303 e. The molecular formula is C18H28O5. The average molecular weight is 324 g/mol. The Morgan fingerprint density at radius 2 is 1.78 bits per heavy atom. The van der Waals surface area contributed by atoms with Crippen molar-refractivity contribution in [3.63, 3.8) is 0 Å². The van der Waals surface area contributed by atoms with Crippen LogP contribution in [0.1, 0.15) is 47.0 Å². The Hall–Kier alpha value is -1.88. The van der Waals surface area contributed by atoms with Crippen LogP contribution in [0.2, 0.25) is 0 Å². The number of rotatable bonds is 10. The molecule has 0 saturated heterocycles. The lowest BCUT2D eigenvalue weighted by Gasteiger charge is -2.16. The Labute approximate surface area is 138 Å². The third-order valence-electron chi connectivity index (χ3n) is 3.04. The maximum atomic E-state index is 11.2. The van der Waals surface area contributed by atoms with Crippen LogP contribution in [0.5, 0.6) is 0 Å². The van der Waals surface area contributed by atoms with Gasteiger partial charge in [0.05, 0.1) is 6.61 Å². The number of allylic oxidation sites excluding steroid dienone is 2. The topological polar surface area (TPSA) is 72.8 Å². The van der Waals surface area contributed by atoms with Gasteiger partial charge in [0, 0.05) is 20.3 Å². The summed E-state index contributed by atoms with van der Waals surface area (Å²) in [5.41, 5.74) is 2.70. The van der Waals surface area contributed by atoms with E-state index in [4.69, 9.17) is 14.6 Å². The molecule has 0 aliphatic heterocycles. The van der Waals surface area contributed by atoms with Gasteiger partial charge in [-0.05, 0) is 38.3 Å². The summed E-state index contributed by atoms with van der Waals surface area (Å²) in [5, 5.41) is 8.95. The van der Waals surface area contributed by atoms with Crippen LogP contribution in [0, 0.1) is 0 Å². The number of aliphatic hydroxyl groups excluding tert-OH is 1. The molecule has 0 aliphatic carbocycles. The van der Waals surface area contributed by atoms with Crippen LogP contribution in [0.4, 0.5) is 0 Å². The van der Waals surface area contributed by atoms with Gasteiger partial charge in [-0.1, -0.05) is 23.8 Å². The summed E-state index contributed by atoms with van der Waals surface area (Å²) < 4.78 is 10.2. The highest BCUT2D eigenvalue weighted by Gasteiger charge is 2.12. The molecule has 1 N–H and O–H groups in total. The second-order valence-corrected chi connectivity index (χ2v) is 5.64. The van der Waals surface area contributed by atoms with Crippen LogP contribution >= 0.6 is 0 Å². The minimum absolute atomic E-state index is 0.0643. The van der Waals surface area contributed by atoms with E-state index < -0.39 is 6.10 Å². The number of aliphatic hydroxyl groups is 1. The maximum absolute atomic E-state index is 11.2. The number of carbonyl (C=O) groups is 2. The molecule has 0 saturated carbocycles. The smallest absolute Gasteiger partial charge is 0.303 e. The number of hydrogen-bond acceptors (Lipinski definition) is 5. The highest BCUT2D eigenvalue weighted by molar-refractivity contribution is 5.66. The highest BCUT2D eigenvalue weighted by Crippen LogP contribution is 2.15. The minimum atomic E-state index is -0.418. The molecule has 130 valence electrons. The van der Waals surface area contributed by atoms with E-state index in [9.17, 15) is 9.59 Å². The number of hydrogen-bond donors (Lipinski definition) is 1. The van der Waals surface area contributed by atoms with Crippen molar-refractivity contribution in [3.05, 3.63) is 35.5 Å². The van der Waals surface area contributed by atoms with E-state index in [0.29, 0.717) is 12.0 Å². The summed E-state index contributed by atoms with van der Waals surface area (Å²) in [6.07, 6.45) is 5.50. The van der Waals surface area contributed by atoms with E-state index in [2.05, 4.69) is 6.58 Å². The van der Waals surface area contributed by atoms with Crippen molar-refractivity contribution in [1.29, 1.82) is 0 Å². The Kier molecular flexibility index (Phi) is 10.7. The average Bonchev–Trinajstić information content (AvgIpc) is 2.44. The fourth-order valence-corrected chi connectivity index (χ4v) is 1.91. The molecule has 1 atom stereocenters. The molecule has 0 radical (unpaired) electrons. The van der Waals surface area contributed by atoms with Crippen molar-refractivity contribution in [2.24, 2.45) is 0 Å². The molecule has 23 heavy (non-hydrogen) atoms. The molecule has 0 heterocycles. The molecule has 0 aromatic carbocycles. The third-order valence-corrected chi connectivity index (χ3v) is 3.04. The van der Waals surface area contributed by atoms with Gasteiger partial charge in [-0.15, -0.1) is 0 Å². The van der Waals surface area contributed by atoms with E-state index in [1.165, 1.54) is 13.8 Å². The van der Waals surface area contributed by atoms with Crippen molar-refractivity contribution in [2.45, 2.75) is 53.1 Å². The summed E-state index contributed by atoms with van der Waals surface area (Å²) in [6, 6.07) is 0. The van der Waals surface area contributed by atoms with E-state index in [0.717, 1.165) is 24.0 Å². The van der Waals surface area contributed by atoms with E-state index in [1.807, 2.05) is 26.0 Å². The van der Waals surface area contributed by atoms with Crippen LogP contribution in [0.25, 0.3) is 0 Å². The van der Waals surface area contributed by atoms with Gasteiger partial charge in [-0.3, -0.25) is 9.59 Å². The van der Waals surface area contributed by atoms with Crippen molar-refractivity contribution >= 4 is 11.9 Å². The molecule has 0 rings (SSSR count). The first-order valence-corrected chi connectivity index (χ1v) is 7.65. The molecule has 0 aliphatic rings. The molecule has 0 fully saturated rings. The van der Waals surface area contributed by atoms with Crippen LogP contribution in [-0.2, 0) is 19.1 Å². The number of ether oxygens (including phenoxy) is 2. The predicted molar refractivity (Wildman–Crippen MR) is 89.8 cm³/mol. The van der Waals surface area contributed by atoms with Gasteiger partial charge < -0.3 is 14.6 Å². The standard InChI is InChI=1S/C18H28O5/c1-13(7-6-8-14(2)11-19)9-18(23-17(5)21)10-15(3)12-22-16(4)20/h8-9,18-19H,3,6-7,10-12H2,1-2,4-5H3. The second-order valence-electron chi connectivity index (χ2n) is 5.64.